The van der Waals surface area contributed by atoms with Crippen LogP contribution in [0.2, 0.25) is 0 Å². The number of rotatable bonds is 5. The predicted octanol–water partition coefficient (Wildman–Crippen LogP) is 3.00. The Bertz CT molecular complexity index is 737. The molecule has 1 amide bonds. The lowest BCUT2D eigenvalue weighted by atomic mass is 10.1. The molecule has 0 spiro atoms. The molecule has 126 valence electrons. The van der Waals surface area contributed by atoms with Gasteiger partial charge in [-0.25, -0.2) is 9.78 Å². The number of hydrogen-bond acceptors (Lipinski definition) is 6. The van der Waals surface area contributed by atoms with Crippen molar-refractivity contribution in [3.05, 3.63) is 42.1 Å². The molecule has 2 atom stereocenters. The van der Waals surface area contributed by atoms with E-state index in [0.29, 0.717) is 18.4 Å². The van der Waals surface area contributed by atoms with Crippen molar-refractivity contribution >= 4 is 17.9 Å². The predicted molar refractivity (Wildman–Crippen MR) is 90.4 cm³/mol. The van der Waals surface area contributed by atoms with Crippen LogP contribution in [0.15, 0.2) is 36.5 Å². The molecule has 1 aliphatic rings. The van der Waals surface area contributed by atoms with E-state index >= 15 is 0 Å². The molecule has 1 saturated heterocycles. The van der Waals surface area contributed by atoms with Gasteiger partial charge < -0.3 is 14.8 Å². The number of benzene rings is 1. The van der Waals surface area contributed by atoms with Crippen LogP contribution < -0.4 is 15.0 Å². The highest BCUT2D eigenvalue weighted by Crippen LogP contribution is 2.24. The molecule has 24 heavy (non-hydrogen) atoms. The molecule has 0 saturated carbocycles. The molecule has 7 nitrogen and oxygen atoms in total. The number of carbonyl (C=O) groups is 1. The van der Waals surface area contributed by atoms with E-state index in [0.717, 1.165) is 11.3 Å². The van der Waals surface area contributed by atoms with Crippen LogP contribution in [0.3, 0.4) is 0 Å². The zero-order chi connectivity index (χ0) is 17.1. The minimum absolute atomic E-state index is 0.0155. The zero-order valence-electron chi connectivity index (χ0n) is 13.9. The first-order chi connectivity index (χ1) is 11.6. The Morgan fingerprint density at radius 1 is 1.42 bits per heavy atom. The number of nitrogens with one attached hydrogen (secondary N) is 1. The number of cyclic esters (lactones) is 1. The fraction of sp³-hybridized carbons (Fsp3) is 0.353. The summed E-state index contributed by atoms with van der Waals surface area (Å²) < 4.78 is 10.3. The van der Waals surface area contributed by atoms with E-state index in [-0.39, 0.29) is 18.2 Å². The Kier molecular flexibility index (Phi) is 4.50. The number of aromatic nitrogens is 2. The van der Waals surface area contributed by atoms with Crippen molar-refractivity contribution in [1.29, 1.82) is 0 Å². The molecule has 1 aliphatic heterocycles. The van der Waals surface area contributed by atoms with E-state index in [1.54, 1.807) is 19.4 Å². The summed E-state index contributed by atoms with van der Waals surface area (Å²) in [6.07, 6.45) is 1.24. The molecule has 0 radical (unpaired) electrons. The van der Waals surface area contributed by atoms with E-state index < -0.39 is 0 Å². The summed E-state index contributed by atoms with van der Waals surface area (Å²) in [6, 6.07) is 9.43. The van der Waals surface area contributed by atoms with Crippen molar-refractivity contribution in [2.24, 2.45) is 0 Å². The number of hydrogen-bond donors (Lipinski definition) is 1. The van der Waals surface area contributed by atoms with Gasteiger partial charge in [-0.2, -0.15) is 4.98 Å². The van der Waals surface area contributed by atoms with E-state index in [1.165, 1.54) is 4.90 Å². The SMILES string of the molecule is COc1cccc([C@H](C)Nc2nccc(N3C(=O)OC[C@@H]3C)n2)c1. The Hall–Kier alpha value is -2.83. The lowest BCUT2D eigenvalue weighted by Crippen LogP contribution is -2.31. The van der Waals surface area contributed by atoms with Gasteiger partial charge in [0.05, 0.1) is 19.2 Å². The highest BCUT2D eigenvalue weighted by molar-refractivity contribution is 5.89. The quantitative estimate of drug-likeness (QED) is 0.909. The number of methoxy groups -OCH3 is 1. The Morgan fingerprint density at radius 3 is 2.96 bits per heavy atom. The van der Waals surface area contributed by atoms with Crippen LogP contribution in [0, 0.1) is 0 Å². The minimum atomic E-state index is -0.381. The Morgan fingerprint density at radius 2 is 2.25 bits per heavy atom. The summed E-state index contributed by atoms with van der Waals surface area (Å²) in [5.41, 5.74) is 1.05. The van der Waals surface area contributed by atoms with Gasteiger partial charge in [0.25, 0.3) is 0 Å². The number of ether oxygens (including phenoxy) is 2. The van der Waals surface area contributed by atoms with Crippen LogP contribution in [0.5, 0.6) is 5.75 Å². The first-order valence-electron chi connectivity index (χ1n) is 7.78. The highest BCUT2D eigenvalue weighted by Gasteiger charge is 2.32. The fourth-order valence-corrected chi connectivity index (χ4v) is 2.58. The number of carbonyl (C=O) groups excluding carboxylic acids is 1. The van der Waals surface area contributed by atoms with Gasteiger partial charge in [0.1, 0.15) is 18.2 Å². The van der Waals surface area contributed by atoms with Crippen LogP contribution >= 0.6 is 0 Å². The van der Waals surface area contributed by atoms with E-state index in [4.69, 9.17) is 9.47 Å². The summed E-state index contributed by atoms with van der Waals surface area (Å²) in [4.78, 5) is 22.0. The summed E-state index contributed by atoms with van der Waals surface area (Å²) in [6.45, 7) is 4.29. The largest absolute Gasteiger partial charge is 0.497 e. The molecule has 1 aromatic heterocycles. The van der Waals surface area contributed by atoms with Gasteiger partial charge in [-0.15, -0.1) is 0 Å². The molecule has 2 aromatic rings. The van der Waals surface area contributed by atoms with E-state index in [2.05, 4.69) is 15.3 Å². The highest BCUT2D eigenvalue weighted by atomic mass is 16.6. The molecule has 1 fully saturated rings. The maximum absolute atomic E-state index is 11.8. The van der Waals surface area contributed by atoms with Gasteiger partial charge in [-0.05, 0) is 37.6 Å². The van der Waals surface area contributed by atoms with Gasteiger partial charge in [-0.1, -0.05) is 12.1 Å². The summed E-state index contributed by atoms with van der Waals surface area (Å²) >= 11 is 0. The second kappa shape index (κ2) is 6.74. The van der Waals surface area contributed by atoms with Crippen molar-refractivity contribution in [3.8, 4) is 5.75 Å². The van der Waals surface area contributed by atoms with Crippen LogP contribution in [-0.2, 0) is 4.74 Å². The minimum Gasteiger partial charge on any atom is -0.497 e. The maximum Gasteiger partial charge on any atom is 0.415 e. The number of anilines is 2. The van der Waals surface area contributed by atoms with Gasteiger partial charge in [0.2, 0.25) is 5.95 Å². The van der Waals surface area contributed by atoms with Gasteiger partial charge in [0, 0.05) is 6.20 Å². The fourth-order valence-electron chi connectivity index (χ4n) is 2.58. The van der Waals surface area contributed by atoms with Gasteiger partial charge in [-0.3, -0.25) is 4.90 Å². The Labute approximate surface area is 140 Å². The standard InChI is InChI=1S/C17H20N4O3/c1-11-10-24-17(22)21(11)15-7-8-18-16(20-15)19-12(2)13-5-4-6-14(9-13)23-3/h4-9,11-12H,10H2,1-3H3,(H,18,19,20)/t11-,12-/m0/s1. The van der Waals surface area contributed by atoms with Crippen molar-refractivity contribution in [2.45, 2.75) is 25.9 Å². The normalized spacial score (nSPS) is 18.2. The molecule has 7 heteroatoms. The Balaban J connectivity index is 1.78. The van der Waals surface area contributed by atoms with Crippen molar-refractivity contribution in [2.75, 3.05) is 23.9 Å². The molecule has 1 N–H and O–H groups in total. The summed E-state index contributed by atoms with van der Waals surface area (Å²) in [5.74, 6) is 1.78. The molecule has 3 rings (SSSR count). The topological polar surface area (TPSA) is 76.6 Å². The van der Waals surface area contributed by atoms with E-state index in [9.17, 15) is 4.79 Å². The third-order valence-corrected chi connectivity index (χ3v) is 3.91. The van der Waals surface area contributed by atoms with Gasteiger partial charge >= 0.3 is 6.09 Å². The summed E-state index contributed by atoms with van der Waals surface area (Å²) in [7, 11) is 1.64. The van der Waals surface area contributed by atoms with Crippen molar-refractivity contribution in [3.63, 3.8) is 0 Å². The maximum atomic E-state index is 11.8. The second-order valence-electron chi connectivity index (χ2n) is 5.68. The van der Waals surface area contributed by atoms with Crippen LogP contribution in [-0.4, -0.2) is 35.8 Å². The molecule has 0 unspecified atom stereocenters. The number of nitrogens with zero attached hydrogens (tertiary/aromatic N) is 3. The van der Waals surface area contributed by atoms with Crippen LogP contribution in [0.25, 0.3) is 0 Å². The van der Waals surface area contributed by atoms with Crippen LogP contribution in [0.4, 0.5) is 16.6 Å². The molecule has 1 aromatic carbocycles. The molecular formula is C17H20N4O3. The third-order valence-electron chi connectivity index (χ3n) is 3.91. The smallest absolute Gasteiger partial charge is 0.415 e. The first kappa shape index (κ1) is 16.0. The number of amides is 1. The van der Waals surface area contributed by atoms with E-state index in [1.807, 2.05) is 38.1 Å². The molecule has 2 heterocycles. The lowest BCUT2D eigenvalue weighted by Gasteiger charge is -2.19. The first-order valence-corrected chi connectivity index (χ1v) is 7.78. The van der Waals surface area contributed by atoms with Crippen molar-refractivity contribution in [1.82, 2.24) is 9.97 Å². The third kappa shape index (κ3) is 3.24. The molecular weight excluding hydrogens is 308 g/mol. The lowest BCUT2D eigenvalue weighted by molar-refractivity contribution is 0.179. The average Bonchev–Trinajstić information content (AvgIpc) is 2.93. The second-order valence-corrected chi connectivity index (χ2v) is 5.68. The molecule has 0 aliphatic carbocycles. The monoisotopic (exact) mass is 328 g/mol. The summed E-state index contributed by atoms with van der Waals surface area (Å²) in [5, 5.41) is 3.25. The zero-order valence-corrected chi connectivity index (χ0v) is 13.9. The van der Waals surface area contributed by atoms with Gasteiger partial charge in [0.15, 0.2) is 0 Å². The van der Waals surface area contributed by atoms with Crippen molar-refractivity contribution < 1.29 is 14.3 Å². The average molecular weight is 328 g/mol. The molecule has 0 bridgehead atoms. The van der Waals surface area contributed by atoms with Crippen LogP contribution in [0.1, 0.15) is 25.5 Å².